The van der Waals surface area contributed by atoms with Crippen LogP contribution < -0.4 is 21.9 Å². The lowest BCUT2D eigenvalue weighted by Gasteiger charge is -2.43. The molecule has 1 spiro atoms. The molecule has 0 amide bonds. The molecule has 4 N–H and O–H groups in total. The molecule has 1 saturated carbocycles. The largest absolute Gasteiger partial charge is 0.383 e. The van der Waals surface area contributed by atoms with Crippen LogP contribution in [0.2, 0.25) is 5.02 Å². The number of rotatable bonds is 2. The topological polar surface area (TPSA) is 90.2 Å². The van der Waals surface area contributed by atoms with Crippen LogP contribution in [0, 0.1) is 11.3 Å². The summed E-state index contributed by atoms with van der Waals surface area (Å²) in [6.45, 7) is 3.94. The van der Waals surface area contributed by atoms with Crippen LogP contribution in [0.1, 0.15) is 32.6 Å². The Labute approximate surface area is 170 Å². The van der Waals surface area contributed by atoms with E-state index in [2.05, 4.69) is 16.8 Å². The highest BCUT2D eigenvalue weighted by Gasteiger charge is 2.46. The lowest BCUT2D eigenvalue weighted by Crippen LogP contribution is -2.49. The Morgan fingerprint density at radius 1 is 1.25 bits per heavy atom. The van der Waals surface area contributed by atoms with Gasteiger partial charge in [0.25, 0.3) is 5.56 Å². The number of benzene rings is 1. The van der Waals surface area contributed by atoms with Crippen LogP contribution in [-0.4, -0.2) is 28.7 Å². The SMILES string of the molecule is C[C@@H]1CCC2(CCN(c3nc(N)c(-c4cccc(Cl)c4)c(=O)n3C)CC2)[C@@H]1N. The molecule has 1 aromatic heterocycles. The number of aromatic nitrogens is 2. The molecule has 2 fully saturated rings. The summed E-state index contributed by atoms with van der Waals surface area (Å²) in [5.74, 6) is 1.45. The van der Waals surface area contributed by atoms with Gasteiger partial charge in [0.1, 0.15) is 5.82 Å². The van der Waals surface area contributed by atoms with Gasteiger partial charge in [-0.05, 0) is 54.7 Å². The van der Waals surface area contributed by atoms with E-state index in [9.17, 15) is 4.79 Å². The van der Waals surface area contributed by atoms with Gasteiger partial charge in [-0.1, -0.05) is 30.7 Å². The third-order valence-corrected chi connectivity index (χ3v) is 7.10. The van der Waals surface area contributed by atoms with Crippen molar-refractivity contribution in [2.24, 2.45) is 24.1 Å². The van der Waals surface area contributed by atoms with E-state index in [1.165, 1.54) is 12.8 Å². The molecule has 1 saturated heterocycles. The third kappa shape index (κ3) is 3.08. The summed E-state index contributed by atoms with van der Waals surface area (Å²) in [7, 11) is 1.76. The fraction of sp³-hybridized carbons (Fsp3) is 0.524. The maximum Gasteiger partial charge on any atom is 0.264 e. The van der Waals surface area contributed by atoms with Crippen molar-refractivity contribution in [1.29, 1.82) is 0 Å². The van der Waals surface area contributed by atoms with Gasteiger partial charge in [-0.3, -0.25) is 9.36 Å². The molecule has 0 unspecified atom stereocenters. The van der Waals surface area contributed by atoms with Crippen molar-refractivity contribution in [2.75, 3.05) is 23.7 Å². The molecule has 2 atom stereocenters. The van der Waals surface area contributed by atoms with Crippen LogP contribution in [0.25, 0.3) is 11.1 Å². The first-order chi connectivity index (χ1) is 13.3. The Balaban J connectivity index is 1.63. The Hall–Kier alpha value is -2.05. The minimum absolute atomic E-state index is 0.156. The minimum atomic E-state index is -0.156. The fourth-order valence-electron chi connectivity index (χ4n) is 5.01. The maximum absolute atomic E-state index is 13.1. The number of hydrogen-bond acceptors (Lipinski definition) is 5. The summed E-state index contributed by atoms with van der Waals surface area (Å²) in [4.78, 5) is 19.8. The molecule has 0 bridgehead atoms. The molecule has 4 rings (SSSR count). The van der Waals surface area contributed by atoms with E-state index in [0.29, 0.717) is 28.0 Å². The van der Waals surface area contributed by atoms with Crippen molar-refractivity contribution in [2.45, 2.75) is 38.6 Å². The van der Waals surface area contributed by atoms with Gasteiger partial charge in [0.2, 0.25) is 5.95 Å². The highest BCUT2D eigenvalue weighted by molar-refractivity contribution is 6.30. The highest BCUT2D eigenvalue weighted by atomic mass is 35.5. The van der Waals surface area contributed by atoms with E-state index in [4.69, 9.17) is 23.1 Å². The Morgan fingerprint density at radius 2 is 1.96 bits per heavy atom. The normalized spacial score (nSPS) is 24.1. The van der Waals surface area contributed by atoms with Crippen LogP contribution in [0.15, 0.2) is 29.1 Å². The van der Waals surface area contributed by atoms with E-state index < -0.39 is 0 Å². The molecule has 0 radical (unpaired) electrons. The van der Waals surface area contributed by atoms with E-state index >= 15 is 0 Å². The zero-order chi connectivity index (χ0) is 20.1. The Bertz CT molecular complexity index is 948. The van der Waals surface area contributed by atoms with Gasteiger partial charge in [-0.25, -0.2) is 0 Å². The molecule has 2 aliphatic rings. The van der Waals surface area contributed by atoms with Crippen LogP contribution in [0.3, 0.4) is 0 Å². The summed E-state index contributed by atoms with van der Waals surface area (Å²) in [6.07, 6.45) is 4.47. The van der Waals surface area contributed by atoms with Gasteiger partial charge in [0.05, 0.1) is 5.56 Å². The zero-order valence-electron chi connectivity index (χ0n) is 16.5. The second-order valence-corrected chi connectivity index (χ2v) is 8.87. The molecule has 2 aromatic rings. The number of nitrogens with zero attached hydrogens (tertiary/aromatic N) is 3. The van der Waals surface area contributed by atoms with Crippen LogP contribution in [-0.2, 0) is 7.05 Å². The average molecular weight is 402 g/mol. The van der Waals surface area contributed by atoms with Crippen molar-refractivity contribution in [3.05, 3.63) is 39.6 Å². The summed E-state index contributed by atoms with van der Waals surface area (Å²) in [6, 6.07) is 7.41. The number of nitrogens with two attached hydrogens (primary N) is 2. The molecular formula is C21H28ClN5O. The van der Waals surface area contributed by atoms with Gasteiger partial charge in [0.15, 0.2) is 0 Å². The highest BCUT2D eigenvalue weighted by Crippen LogP contribution is 2.48. The third-order valence-electron chi connectivity index (χ3n) is 6.87. The van der Waals surface area contributed by atoms with Crippen molar-refractivity contribution in [1.82, 2.24) is 9.55 Å². The summed E-state index contributed by atoms with van der Waals surface area (Å²) in [5, 5.41) is 0.562. The average Bonchev–Trinajstić information content (AvgIpc) is 2.94. The molecule has 7 heteroatoms. The van der Waals surface area contributed by atoms with Crippen LogP contribution in [0.4, 0.5) is 11.8 Å². The molecule has 1 aliphatic carbocycles. The van der Waals surface area contributed by atoms with Gasteiger partial charge < -0.3 is 16.4 Å². The fourth-order valence-corrected chi connectivity index (χ4v) is 5.20. The lowest BCUT2D eigenvalue weighted by atomic mass is 9.73. The Morgan fingerprint density at radius 3 is 2.57 bits per heavy atom. The van der Waals surface area contributed by atoms with Crippen molar-refractivity contribution >= 4 is 23.4 Å². The van der Waals surface area contributed by atoms with E-state index in [-0.39, 0.29) is 22.8 Å². The first kappa shape index (κ1) is 19.3. The summed E-state index contributed by atoms with van der Waals surface area (Å²) < 4.78 is 1.60. The number of anilines is 2. The molecule has 1 aromatic carbocycles. The number of piperidine rings is 1. The van der Waals surface area contributed by atoms with Gasteiger partial charge in [0, 0.05) is 31.2 Å². The standard InChI is InChI=1S/C21H28ClN5O/c1-13-6-7-21(17(13)23)8-10-27(11-9-21)20-25-18(24)16(19(28)26(20)2)14-4-3-5-15(22)12-14/h3-5,12-13,17H,6-11,23-24H2,1-2H3/t13-,17-/m1/s1. The summed E-state index contributed by atoms with van der Waals surface area (Å²) in [5.41, 5.74) is 13.9. The Kier molecular flexibility index (Phi) is 4.88. The molecular weight excluding hydrogens is 374 g/mol. The maximum atomic E-state index is 13.1. The molecule has 1 aliphatic heterocycles. The monoisotopic (exact) mass is 401 g/mol. The van der Waals surface area contributed by atoms with Crippen molar-refractivity contribution in [3.63, 3.8) is 0 Å². The van der Waals surface area contributed by atoms with Gasteiger partial charge in [-0.15, -0.1) is 0 Å². The second kappa shape index (κ2) is 7.08. The molecule has 2 heterocycles. The zero-order valence-corrected chi connectivity index (χ0v) is 17.2. The first-order valence-electron chi connectivity index (χ1n) is 9.95. The lowest BCUT2D eigenvalue weighted by molar-refractivity contribution is 0.185. The molecule has 28 heavy (non-hydrogen) atoms. The number of hydrogen-bond donors (Lipinski definition) is 2. The predicted molar refractivity (Wildman–Crippen MR) is 115 cm³/mol. The van der Waals surface area contributed by atoms with Crippen LogP contribution >= 0.6 is 11.6 Å². The minimum Gasteiger partial charge on any atom is -0.383 e. The first-order valence-corrected chi connectivity index (χ1v) is 10.3. The van der Waals surface area contributed by atoms with E-state index in [1.54, 1.807) is 29.8 Å². The second-order valence-electron chi connectivity index (χ2n) is 8.44. The van der Waals surface area contributed by atoms with Gasteiger partial charge in [-0.2, -0.15) is 4.98 Å². The van der Waals surface area contributed by atoms with Crippen LogP contribution in [0.5, 0.6) is 0 Å². The van der Waals surface area contributed by atoms with E-state index in [1.807, 2.05) is 6.07 Å². The quantitative estimate of drug-likeness (QED) is 0.807. The van der Waals surface area contributed by atoms with E-state index in [0.717, 1.165) is 25.9 Å². The van der Waals surface area contributed by atoms with Crippen molar-refractivity contribution < 1.29 is 0 Å². The smallest absolute Gasteiger partial charge is 0.264 e. The summed E-state index contributed by atoms with van der Waals surface area (Å²) >= 11 is 6.08. The molecule has 6 nitrogen and oxygen atoms in total. The van der Waals surface area contributed by atoms with Crippen molar-refractivity contribution in [3.8, 4) is 11.1 Å². The number of halogens is 1. The predicted octanol–water partition coefficient (Wildman–Crippen LogP) is 3.03. The molecule has 150 valence electrons. The van der Waals surface area contributed by atoms with Gasteiger partial charge >= 0.3 is 0 Å². The number of nitrogen functional groups attached to an aromatic ring is 1.